The summed E-state index contributed by atoms with van der Waals surface area (Å²) in [7, 11) is 0. The highest BCUT2D eigenvalue weighted by molar-refractivity contribution is 6.29. The fraction of sp³-hybridized carbons (Fsp3) is 0.182. The van der Waals surface area contributed by atoms with Gasteiger partial charge in [0.1, 0.15) is 5.88 Å². The molecule has 0 aliphatic heterocycles. The lowest BCUT2D eigenvalue weighted by Gasteiger charge is -2.10. The molecule has 0 bridgehead atoms. The highest BCUT2D eigenvalue weighted by Crippen LogP contribution is 2.22. The Hall–Kier alpha value is -1.59. The van der Waals surface area contributed by atoms with Crippen molar-refractivity contribution in [2.75, 3.05) is 11.2 Å². The standard InChI is InChI=1S/C11H10Cl2N4O/c1-7-2-3-9(17-6-10(13)15-16-17)8(4-7)14-11(18)5-12/h2-4,6H,5H2,1H3,(H,14,18). The van der Waals surface area contributed by atoms with Crippen molar-refractivity contribution in [3.63, 3.8) is 0 Å². The van der Waals surface area contributed by atoms with Gasteiger partial charge in [-0.2, -0.15) is 0 Å². The van der Waals surface area contributed by atoms with Crippen LogP contribution in [0.5, 0.6) is 0 Å². The van der Waals surface area contributed by atoms with Crippen LogP contribution in [-0.2, 0) is 4.79 Å². The molecule has 1 amide bonds. The fourth-order valence-corrected chi connectivity index (χ4v) is 1.69. The van der Waals surface area contributed by atoms with Crippen LogP contribution in [0, 0.1) is 6.92 Å². The molecule has 0 aliphatic carbocycles. The Morgan fingerprint density at radius 1 is 1.50 bits per heavy atom. The molecule has 0 saturated heterocycles. The Labute approximate surface area is 114 Å². The van der Waals surface area contributed by atoms with Crippen LogP contribution in [0.4, 0.5) is 5.69 Å². The number of carbonyl (C=O) groups excluding carboxylic acids is 1. The Kier molecular flexibility index (Phi) is 3.84. The summed E-state index contributed by atoms with van der Waals surface area (Å²) in [5, 5.41) is 10.5. The zero-order valence-electron chi connectivity index (χ0n) is 9.52. The van der Waals surface area contributed by atoms with Crippen LogP contribution in [-0.4, -0.2) is 26.8 Å². The predicted octanol–water partition coefficient (Wildman–Crippen LogP) is 2.41. The van der Waals surface area contributed by atoms with Gasteiger partial charge in [0.25, 0.3) is 0 Å². The third-order valence-corrected chi connectivity index (χ3v) is 2.68. The van der Waals surface area contributed by atoms with Gasteiger partial charge in [0.2, 0.25) is 5.91 Å². The van der Waals surface area contributed by atoms with Crippen LogP contribution in [0.25, 0.3) is 5.69 Å². The van der Waals surface area contributed by atoms with Crippen LogP contribution in [0.2, 0.25) is 5.15 Å². The number of aryl methyl sites for hydroxylation is 1. The lowest BCUT2D eigenvalue weighted by molar-refractivity contribution is -0.113. The lowest BCUT2D eigenvalue weighted by Crippen LogP contribution is -2.15. The van der Waals surface area contributed by atoms with E-state index in [-0.39, 0.29) is 16.9 Å². The molecule has 1 aromatic carbocycles. The second-order valence-electron chi connectivity index (χ2n) is 3.69. The van der Waals surface area contributed by atoms with Gasteiger partial charge < -0.3 is 5.32 Å². The first-order chi connectivity index (χ1) is 8.60. The summed E-state index contributed by atoms with van der Waals surface area (Å²) in [4.78, 5) is 11.4. The minimum absolute atomic E-state index is 0.106. The van der Waals surface area contributed by atoms with Crippen LogP contribution >= 0.6 is 23.2 Å². The van der Waals surface area contributed by atoms with Gasteiger partial charge >= 0.3 is 0 Å². The molecule has 1 heterocycles. The number of anilines is 1. The molecule has 0 radical (unpaired) electrons. The number of aromatic nitrogens is 3. The third-order valence-electron chi connectivity index (χ3n) is 2.26. The Morgan fingerprint density at radius 3 is 2.89 bits per heavy atom. The molecular weight excluding hydrogens is 275 g/mol. The van der Waals surface area contributed by atoms with Crippen molar-refractivity contribution in [1.29, 1.82) is 0 Å². The number of amides is 1. The monoisotopic (exact) mass is 284 g/mol. The van der Waals surface area contributed by atoms with Crippen molar-refractivity contribution in [1.82, 2.24) is 15.0 Å². The maximum Gasteiger partial charge on any atom is 0.239 e. The first kappa shape index (κ1) is 12.9. The number of nitrogens with one attached hydrogen (secondary N) is 1. The maximum atomic E-state index is 11.4. The molecule has 18 heavy (non-hydrogen) atoms. The first-order valence-electron chi connectivity index (χ1n) is 5.15. The molecule has 1 aromatic heterocycles. The largest absolute Gasteiger partial charge is 0.323 e. The van der Waals surface area contributed by atoms with Gasteiger partial charge in [0, 0.05) is 0 Å². The van der Waals surface area contributed by atoms with Crippen molar-refractivity contribution in [2.45, 2.75) is 6.92 Å². The minimum Gasteiger partial charge on any atom is -0.323 e. The van der Waals surface area contributed by atoms with E-state index in [1.54, 1.807) is 6.20 Å². The van der Waals surface area contributed by atoms with Gasteiger partial charge in [-0.25, -0.2) is 4.68 Å². The molecule has 0 unspecified atom stereocenters. The molecule has 0 spiro atoms. The number of benzene rings is 1. The molecule has 7 heteroatoms. The topological polar surface area (TPSA) is 59.8 Å². The number of carbonyl (C=O) groups is 1. The molecule has 0 aliphatic rings. The van der Waals surface area contributed by atoms with E-state index >= 15 is 0 Å². The summed E-state index contributed by atoms with van der Waals surface area (Å²) in [6.07, 6.45) is 1.56. The average molecular weight is 285 g/mol. The number of rotatable bonds is 3. The third kappa shape index (κ3) is 2.80. The van der Waals surface area contributed by atoms with Crippen molar-refractivity contribution in [3.8, 4) is 5.69 Å². The predicted molar refractivity (Wildman–Crippen MR) is 70.5 cm³/mol. The number of hydrogen-bond donors (Lipinski definition) is 1. The molecule has 2 rings (SSSR count). The molecule has 0 fully saturated rings. The SMILES string of the molecule is Cc1ccc(-n2cc(Cl)nn2)c(NC(=O)CCl)c1. The smallest absolute Gasteiger partial charge is 0.239 e. The maximum absolute atomic E-state index is 11.4. The van der Waals surface area contributed by atoms with E-state index in [9.17, 15) is 4.79 Å². The van der Waals surface area contributed by atoms with Crippen molar-refractivity contribution < 1.29 is 4.79 Å². The van der Waals surface area contributed by atoms with Gasteiger partial charge in [-0.3, -0.25) is 4.79 Å². The zero-order chi connectivity index (χ0) is 13.1. The Morgan fingerprint density at radius 2 is 2.28 bits per heavy atom. The number of hydrogen-bond acceptors (Lipinski definition) is 3. The normalized spacial score (nSPS) is 10.4. The van der Waals surface area contributed by atoms with Gasteiger partial charge in [-0.15, -0.1) is 16.7 Å². The van der Waals surface area contributed by atoms with Gasteiger partial charge in [-0.1, -0.05) is 22.9 Å². The van der Waals surface area contributed by atoms with E-state index in [0.717, 1.165) is 5.56 Å². The van der Waals surface area contributed by atoms with Crippen molar-refractivity contribution in [3.05, 3.63) is 35.1 Å². The summed E-state index contributed by atoms with van der Waals surface area (Å²) < 4.78 is 1.49. The van der Waals surface area contributed by atoms with E-state index in [1.165, 1.54) is 4.68 Å². The molecule has 2 aromatic rings. The molecule has 94 valence electrons. The summed E-state index contributed by atoms with van der Waals surface area (Å²) in [5.74, 6) is -0.388. The van der Waals surface area contributed by atoms with E-state index in [0.29, 0.717) is 11.4 Å². The fourth-order valence-electron chi connectivity index (χ4n) is 1.49. The van der Waals surface area contributed by atoms with Gasteiger partial charge in [-0.05, 0) is 24.6 Å². The minimum atomic E-state index is -0.283. The Bertz CT molecular complexity index is 582. The molecular formula is C11H10Cl2N4O. The number of alkyl halides is 1. The summed E-state index contributed by atoms with van der Waals surface area (Å²) >= 11 is 11.2. The molecule has 1 N–H and O–H groups in total. The summed E-state index contributed by atoms with van der Waals surface area (Å²) in [6, 6.07) is 5.56. The van der Waals surface area contributed by atoms with E-state index < -0.39 is 0 Å². The van der Waals surface area contributed by atoms with Crippen molar-refractivity contribution >= 4 is 34.8 Å². The van der Waals surface area contributed by atoms with Crippen LogP contribution < -0.4 is 5.32 Å². The average Bonchev–Trinajstić information content (AvgIpc) is 2.75. The van der Waals surface area contributed by atoms with Gasteiger partial charge in [0.15, 0.2) is 5.15 Å². The molecule has 5 nitrogen and oxygen atoms in total. The highest BCUT2D eigenvalue weighted by Gasteiger charge is 2.09. The molecule has 0 saturated carbocycles. The summed E-state index contributed by atoms with van der Waals surface area (Å²) in [6.45, 7) is 1.93. The first-order valence-corrected chi connectivity index (χ1v) is 6.06. The second-order valence-corrected chi connectivity index (χ2v) is 4.34. The zero-order valence-corrected chi connectivity index (χ0v) is 11.0. The number of halogens is 2. The quantitative estimate of drug-likeness (QED) is 0.881. The van der Waals surface area contributed by atoms with E-state index in [2.05, 4.69) is 15.6 Å². The molecule has 0 atom stereocenters. The summed E-state index contributed by atoms with van der Waals surface area (Å²) in [5.41, 5.74) is 2.30. The van der Waals surface area contributed by atoms with E-state index in [1.807, 2.05) is 25.1 Å². The van der Waals surface area contributed by atoms with E-state index in [4.69, 9.17) is 23.2 Å². The van der Waals surface area contributed by atoms with Gasteiger partial charge in [0.05, 0.1) is 17.6 Å². The Balaban J connectivity index is 2.43. The lowest BCUT2D eigenvalue weighted by atomic mass is 10.2. The highest BCUT2D eigenvalue weighted by atomic mass is 35.5. The second kappa shape index (κ2) is 5.37. The number of nitrogens with zero attached hydrogens (tertiary/aromatic N) is 3. The van der Waals surface area contributed by atoms with Crippen LogP contribution in [0.3, 0.4) is 0 Å². The van der Waals surface area contributed by atoms with Crippen LogP contribution in [0.15, 0.2) is 24.4 Å². The van der Waals surface area contributed by atoms with Crippen LogP contribution in [0.1, 0.15) is 5.56 Å². The van der Waals surface area contributed by atoms with Crippen molar-refractivity contribution in [2.24, 2.45) is 0 Å².